The van der Waals surface area contributed by atoms with Gasteiger partial charge in [-0.05, 0) is 65.1 Å². The molecule has 0 unspecified atom stereocenters. The molecule has 6 rings (SSSR count). The van der Waals surface area contributed by atoms with E-state index in [1.807, 2.05) is 62.4 Å². The molecule has 1 aliphatic carbocycles. The molecular formula is C33H32N8O. The lowest BCUT2D eigenvalue weighted by Gasteiger charge is -2.19. The van der Waals surface area contributed by atoms with Crippen LogP contribution in [0.15, 0.2) is 95.1 Å². The summed E-state index contributed by atoms with van der Waals surface area (Å²) in [6.45, 7) is 6.51. The number of anilines is 1. The highest BCUT2D eigenvalue weighted by Gasteiger charge is 2.33. The molecular weight excluding hydrogens is 524 g/mol. The number of carbonyl (C=O) groups is 1. The number of imidazole rings is 1. The van der Waals surface area contributed by atoms with Gasteiger partial charge in [-0.1, -0.05) is 80.1 Å². The van der Waals surface area contributed by atoms with Gasteiger partial charge in [-0.25, -0.2) is 10.1 Å². The van der Waals surface area contributed by atoms with Gasteiger partial charge in [0.1, 0.15) is 22.9 Å². The first-order chi connectivity index (χ1) is 20.5. The number of allylic oxidation sites excluding steroid dienone is 2. The molecule has 9 heteroatoms. The van der Waals surface area contributed by atoms with Gasteiger partial charge in [0.05, 0.1) is 5.69 Å². The summed E-state index contributed by atoms with van der Waals surface area (Å²) in [5, 5.41) is 19.2. The standard InChI is InChI=1S/C33H32N8O/c1-4-5-15-28-34-30-29(36-35-25-11-7-6-8-12-25)21(2)22(3)32(42)31(30)41(28)20-23-16-18-24(19-17-23)26-13-9-10-14-27(26)33-37-39-40-38-33/h6-14,16-19,35H,4-5,15,20H2,1-3H3,(H,37,38,39,40)/b36-29+. The number of hydrogen-bond acceptors (Lipinski definition) is 7. The second-order valence-electron chi connectivity index (χ2n) is 10.4. The maximum Gasteiger partial charge on any atom is 0.207 e. The highest BCUT2D eigenvalue weighted by molar-refractivity contribution is 6.27. The highest BCUT2D eigenvalue weighted by Crippen LogP contribution is 2.32. The second-order valence-corrected chi connectivity index (χ2v) is 10.4. The molecule has 0 radical (unpaired) electrons. The van der Waals surface area contributed by atoms with Gasteiger partial charge in [-0.3, -0.25) is 10.2 Å². The Balaban J connectivity index is 1.36. The third-order valence-corrected chi connectivity index (χ3v) is 7.70. The Kier molecular flexibility index (Phi) is 7.55. The number of unbranched alkanes of at least 4 members (excludes halogenated alkanes) is 1. The number of carbonyl (C=O) groups excluding carboxylic acids is 1. The van der Waals surface area contributed by atoms with Crippen LogP contribution in [0.25, 0.3) is 22.5 Å². The van der Waals surface area contributed by atoms with E-state index in [2.05, 4.69) is 67.9 Å². The van der Waals surface area contributed by atoms with Crippen molar-refractivity contribution < 1.29 is 4.79 Å². The molecule has 0 aliphatic heterocycles. The predicted molar refractivity (Wildman–Crippen MR) is 164 cm³/mol. The van der Waals surface area contributed by atoms with E-state index >= 15 is 0 Å². The first-order valence-electron chi connectivity index (χ1n) is 14.2. The van der Waals surface area contributed by atoms with Gasteiger partial charge in [0.2, 0.25) is 5.78 Å². The Bertz CT molecular complexity index is 1780. The molecule has 3 aromatic carbocycles. The zero-order valence-corrected chi connectivity index (χ0v) is 23.9. The summed E-state index contributed by atoms with van der Waals surface area (Å²) in [5.74, 6) is 1.52. The maximum atomic E-state index is 13.7. The summed E-state index contributed by atoms with van der Waals surface area (Å²) in [7, 11) is 0. The predicted octanol–water partition coefficient (Wildman–Crippen LogP) is 6.47. The number of para-hydroxylation sites is 1. The normalized spacial score (nSPS) is 14.0. The molecule has 0 amide bonds. The van der Waals surface area contributed by atoms with Crippen molar-refractivity contribution in [1.82, 2.24) is 30.2 Å². The van der Waals surface area contributed by atoms with E-state index in [4.69, 9.17) is 10.1 Å². The van der Waals surface area contributed by atoms with E-state index in [9.17, 15) is 4.79 Å². The number of hydrogen-bond donors (Lipinski definition) is 2. The Morgan fingerprint density at radius 1 is 0.905 bits per heavy atom. The average molecular weight is 557 g/mol. The molecule has 0 fully saturated rings. The number of nitrogens with one attached hydrogen (secondary N) is 2. The van der Waals surface area contributed by atoms with Crippen LogP contribution in [-0.2, 0) is 13.0 Å². The van der Waals surface area contributed by atoms with Crippen LogP contribution in [-0.4, -0.2) is 41.7 Å². The Morgan fingerprint density at radius 3 is 2.36 bits per heavy atom. The van der Waals surface area contributed by atoms with Crippen molar-refractivity contribution in [2.24, 2.45) is 5.10 Å². The molecule has 0 saturated carbocycles. The SMILES string of the molecule is CCCCc1nc2c(n1Cc1ccc(-c3ccccc3-c3nnn[nH]3)cc1)C(=O)C(C)=C(C)/C2=N\Nc1ccccc1. The van der Waals surface area contributed by atoms with Crippen LogP contribution in [0.4, 0.5) is 5.69 Å². The number of nitrogens with zero attached hydrogens (tertiary/aromatic N) is 6. The molecule has 5 aromatic rings. The number of fused-ring (bicyclic) bond motifs is 1. The van der Waals surface area contributed by atoms with Gasteiger partial charge in [0.15, 0.2) is 5.82 Å². The third-order valence-electron chi connectivity index (χ3n) is 7.70. The van der Waals surface area contributed by atoms with Crippen LogP contribution < -0.4 is 5.43 Å². The lowest BCUT2D eigenvalue weighted by Crippen LogP contribution is -2.24. The van der Waals surface area contributed by atoms with Gasteiger partial charge in [0.25, 0.3) is 0 Å². The second kappa shape index (κ2) is 11.7. The fourth-order valence-corrected chi connectivity index (χ4v) is 5.25. The lowest BCUT2D eigenvalue weighted by atomic mass is 9.91. The molecule has 0 saturated heterocycles. The van der Waals surface area contributed by atoms with E-state index in [1.165, 1.54) is 0 Å². The van der Waals surface area contributed by atoms with Gasteiger partial charge in [-0.2, -0.15) is 5.10 Å². The number of hydrazone groups is 1. The van der Waals surface area contributed by atoms with E-state index in [0.29, 0.717) is 35.0 Å². The number of aromatic nitrogens is 6. The zero-order valence-electron chi connectivity index (χ0n) is 23.9. The molecule has 42 heavy (non-hydrogen) atoms. The van der Waals surface area contributed by atoms with Crippen LogP contribution in [0.3, 0.4) is 0 Å². The van der Waals surface area contributed by atoms with Crippen molar-refractivity contribution in [2.75, 3.05) is 5.43 Å². The van der Waals surface area contributed by atoms with E-state index < -0.39 is 0 Å². The first kappa shape index (κ1) is 27.0. The minimum atomic E-state index is 0.00243. The molecule has 2 N–H and O–H groups in total. The van der Waals surface area contributed by atoms with Gasteiger partial charge in [0, 0.05) is 24.1 Å². The number of H-pyrrole nitrogens is 1. The number of benzene rings is 3. The molecule has 0 atom stereocenters. The van der Waals surface area contributed by atoms with Crippen molar-refractivity contribution in [3.63, 3.8) is 0 Å². The van der Waals surface area contributed by atoms with Crippen LogP contribution >= 0.6 is 0 Å². The summed E-state index contributed by atoms with van der Waals surface area (Å²) in [6.07, 6.45) is 2.80. The van der Waals surface area contributed by atoms with E-state index in [1.54, 1.807) is 0 Å². The molecule has 1 aliphatic rings. The minimum Gasteiger partial charge on any atom is -0.320 e. The molecule has 0 spiro atoms. The number of Topliss-reactive ketones (excluding diaryl/α,β-unsaturated/α-hetero) is 1. The Morgan fingerprint density at radius 2 is 1.64 bits per heavy atom. The van der Waals surface area contributed by atoms with Crippen LogP contribution in [0.1, 0.15) is 61.2 Å². The fraction of sp³-hybridized carbons (Fsp3) is 0.212. The fourth-order valence-electron chi connectivity index (χ4n) is 5.25. The quantitative estimate of drug-likeness (QED) is 0.201. The van der Waals surface area contributed by atoms with Crippen molar-refractivity contribution in [2.45, 2.75) is 46.6 Å². The minimum absolute atomic E-state index is 0.00243. The Hall–Kier alpha value is -5.18. The number of rotatable bonds is 9. The first-order valence-corrected chi connectivity index (χ1v) is 14.2. The number of tetrazole rings is 1. The average Bonchev–Trinajstić information content (AvgIpc) is 3.69. The molecule has 0 bridgehead atoms. The number of aryl methyl sites for hydroxylation is 1. The van der Waals surface area contributed by atoms with Crippen LogP contribution in [0.2, 0.25) is 0 Å². The van der Waals surface area contributed by atoms with Gasteiger partial charge >= 0.3 is 0 Å². The highest BCUT2D eigenvalue weighted by atomic mass is 16.1. The van der Waals surface area contributed by atoms with Gasteiger partial charge in [-0.15, -0.1) is 5.10 Å². The molecule has 2 heterocycles. The zero-order chi connectivity index (χ0) is 29.1. The summed E-state index contributed by atoms with van der Waals surface area (Å²) in [4.78, 5) is 18.8. The molecule has 9 nitrogen and oxygen atoms in total. The third kappa shape index (κ3) is 5.16. The molecule has 210 valence electrons. The smallest absolute Gasteiger partial charge is 0.207 e. The van der Waals surface area contributed by atoms with Crippen LogP contribution in [0, 0.1) is 0 Å². The lowest BCUT2D eigenvalue weighted by molar-refractivity contribution is 0.102. The maximum absolute atomic E-state index is 13.7. The van der Waals surface area contributed by atoms with E-state index in [-0.39, 0.29) is 5.78 Å². The largest absolute Gasteiger partial charge is 0.320 e. The van der Waals surface area contributed by atoms with Crippen molar-refractivity contribution in [3.8, 4) is 22.5 Å². The summed E-state index contributed by atoms with van der Waals surface area (Å²) < 4.78 is 2.09. The summed E-state index contributed by atoms with van der Waals surface area (Å²) in [5.41, 5.74) is 11.6. The van der Waals surface area contributed by atoms with Crippen LogP contribution in [0.5, 0.6) is 0 Å². The van der Waals surface area contributed by atoms with Crippen molar-refractivity contribution in [1.29, 1.82) is 0 Å². The molecule has 2 aromatic heterocycles. The van der Waals surface area contributed by atoms with Crippen molar-refractivity contribution >= 4 is 17.2 Å². The number of aromatic amines is 1. The summed E-state index contributed by atoms with van der Waals surface area (Å²) >= 11 is 0. The topological polar surface area (TPSA) is 114 Å². The monoisotopic (exact) mass is 556 g/mol. The van der Waals surface area contributed by atoms with Crippen molar-refractivity contribution in [3.05, 3.63) is 113 Å². The Labute approximate surface area is 244 Å². The number of ketones is 1. The van der Waals surface area contributed by atoms with Gasteiger partial charge < -0.3 is 4.57 Å². The van der Waals surface area contributed by atoms with E-state index in [0.717, 1.165) is 58.6 Å². The summed E-state index contributed by atoms with van der Waals surface area (Å²) in [6, 6.07) is 26.2.